The highest BCUT2D eigenvalue weighted by Gasteiger charge is 2.48. The third kappa shape index (κ3) is 3.72. The molecule has 9 nitrogen and oxygen atoms in total. The molecule has 0 radical (unpaired) electrons. The van der Waals surface area contributed by atoms with Crippen LogP contribution < -0.4 is 0 Å². The lowest BCUT2D eigenvalue weighted by Crippen LogP contribution is -2.44. The van der Waals surface area contributed by atoms with Crippen molar-refractivity contribution in [3.63, 3.8) is 0 Å². The van der Waals surface area contributed by atoms with Gasteiger partial charge >= 0.3 is 6.03 Å². The molecule has 5 heterocycles. The Hall–Kier alpha value is -4.27. The van der Waals surface area contributed by atoms with Crippen LogP contribution in [-0.4, -0.2) is 72.1 Å². The average molecular weight is 507 g/mol. The number of amides is 2. The maximum Gasteiger partial charge on any atom is 0.319 e. The Morgan fingerprint density at radius 1 is 0.974 bits per heavy atom. The minimum atomic E-state index is -0.0497. The van der Waals surface area contributed by atoms with E-state index in [1.54, 1.807) is 19.0 Å². The van der Waals surface area contributed by atoms with Crippen LogP contribution in [0.5, 0.6) is 0 Å². The summed E-state index contributed by atoms with van der Waals surface area (Å²) in [6, 6.07) is 11.1. The third-order valence-electron chi connectivity index (χ3n) is 8.19. The second-order valence-corrected chi connectivity index (χ2v) is 10.8. The van der Waals surface area contributed by atoms with Crippen LogP contribution in [0.2, 0.25) is 0 Å². The van der Waals surface area contributed by atoms with Crippen molar-refractivity contribution in [1.29, 1.82) is 0 Å². The van der Waals surface area contributed by atoms with Crippen LogP contribution in [0.25, 0.3) is 27.8 Å². The van der Waals surface area contributed by atoms with Gasteiger partial charge in [0.2, 0.25) is 5.78 Å². The first-order valence-electron chi connectivity index (χ1n) is 13.2. The highest BCUT2D eigenvalue weighted by atomic mass is 16.2. The second kappa shape index (κ2) is 8.65. The van der Waals surface area contributed by atoms with Gasteiger partial charge in [0.15, 0.2) is 0 Å². The van der Waals surface area contributed by atoms with Gasteiger partial charge in [-0.05, 0) is 49.4 Å². The SMILES string of the molecule is CN(C)C(=O)N1CCC(n2cc(-c3cnc4ncc(C5(c6ccc7ncccc7c6)CC5)n4c3)cn2)CC1. The van der Waals surface area contributed by atoms with Crippen molar-refractivity contribution >= 4 is 22.7 Å². The maximum atomic E-state index is 12.3. The maximum absolute atomic E-state index is 12.3. The number of urea groups is 1. The number of aromatic nitrogens is 6. The molecule has 0 bridgehead atoms. The summed E-state index contributed by atoms with van der Waals surface area (Å²) >= 11 is 0. The van der Waals surface area contributed by atoms with Crippen LogP contribution in [-0.2, 0) is 5.41 Å². The van der Waals surface area contributed by atoms with Crippen molar-refractivity contribution in [2.75, 3.05) is 27.2 Å². The van der Waals surface area contributed by atoms with Gasteiger partial charge in [-0.25, -0.2) is 14.8 Å². The molecule has 2 aliphatic rings. The van der Waals surface area contributed by atoms with E-state index >= 15 is 0 Å². The van der Waals surface area contributed by atoms with E-state index in [1.165, 1.54) is 11.3 Å². The van der Waals surface area contributed by atoms with Crippen LogP contribution in [0.1, 0.15) is 43.0 Å². The fourth-order valence-electron chi connectivity index (χ4n) is 5.86. The Morgan fingerprint density at radius 2 is 1.76 bits per heavy atom. The molecular weight excluding hydrogens is 476 g/mol. The first-order chi connectivity index (χ1) is 18.5. The number of imidazole rings is 1. The summed E-state index contributed by atoms with van der Waals surface area (Å²) in [6.07, 6.45) is 15.8. The van der Waals surface area contributed by atoms with Crippen LogP contribution in [0.3, 0.4) is 0 Å². The summed E-state index contributed by atoms with van der Waals surface area (Å²) in [5, 5.41) is 5.85. The molecule has 1 aliphatic heterocycles. The molecular formula is C29H30N8O. The number of fused-ring (bicyclic) bond motifs is 2. The minimum Gasteiger partial charge on any atom is -0.331 e. The Balaban J connectivity index is 1.16. The number of benzene rings is 1. The first-order valence-corrected chi connectivity index (χ1v) is 13.2. The van der Waals surface area contributed by atoms with Gasteiger partial charge in [-0.2, -0.15) is 5.10 Å². The van der Waals surface area contributed by atoms with Crippen LogP contribution >= 0.6 is 0 Å². The zero-order chi connectivity index (χ0) is 25.9. The lowest BCUT2D eigenvalue weighted by molar-refractivity contribution is 0.146. The molecule has 1 saturated carbocycles. The molecule has 38 heavy (non-hydrogen) atoms. The lowest BCUT2D eigenvalue weighted by Gasteiger charge is -2.33. The molecule has 0 atom stereocenters. The largest absolute Gasteiger partial charge is 0.331 e. The molecule has 0 spiro atoms. The number of hydrogen-bond acceptors (Lipinski definition) is 5. The zero-order valence-corrected chi connectivity index (χ0v) is 21.7. The van der Waals surface area contributed by atoms with Crippen molar-refractivity contribution in [2.45, 2.75) is 37.1 Å². The van der Waals surface area contributed by atoms with Gasteiger partial charge in [0.05, 0.1) is 29.6 Å². The van der Waals surface area contributed by atoms with Crippen molar-refractivity contribution < 1.29 is 4.79 Å². The summed E-state index contributed by atoms with van der Waals surface area (Å²) in [4.78, 5) is 29.6. The first kappa shape index (κ1) is 22.9. The van der Waals surface area contributed by atoms with Gasteiger partial charge in [-0.3, -0.25) is 14.1 Å². The third-order valence-corrected chi connectivity index (χ3v) is 8.19. The molecule has 192 valence electrons. The lowest BCUT2D eigenvalue weighted by atomic mass is 9.91. The number of pyridine rings is 1. The zero-order valence-electron chi connectivity index (χ0n) is 21.7. The van der Waals surface area contributed by atoms with Crippen molar-refractivity contribution in [3.05, 3.63) is 78.8 Å². The number of hydrogen-bond donors (Lipinski definition) is 0. The Kier molecular flexibility index (Phi) is 5.21. The van der Waals surface area contributed by atoms with Gasteiger partial charge < -0.3 is 9.80 Å². The normalized spacial score (nSPS) is 17.3. The van der Waals surface area contributed by atoms with E-state index in [-0.39, 0.29) is 17.5 Å². The summed E-state index contributed by atoms with van der Waals surface area (Å²) in [6.45, 7) is 1.49. The molecule has 0 N–H and O–H groups in total. The summed E-state index contributed by atoms with van der Waals surface area (Å²) in [7, 11) is 3.60. The molecule has 1 aromatic carbocycles. The molecule has 2 amide bonds. The average Bonchev–Trinajstić information content (AvgIpc) is 3.40. The molecule has 9 heteroatoms. The Bertz CT molecular complexity index is 1660. The minimum absolute atomic E-state index is 0.0497. The van der Waals surface area contributed by atoms with Crippen molar-refractivity contribution in [3.8, 4) is 11.1 Å². The fourth-order valence-corrected chi connectivity index (χ4v) is 5.86. The van der Waals surface area contributed by atoms with Gasteiger partial charge in [0, 0.05) is 73.9 Å². The van der Waals surface area contributed by atoms with E-state index in [0.717, 1.165) is 60.8 Å². The quantitative estimate of drug-likeness (QED) is 0.357. The van der Waals surface area contributed by atoms with Crippen molar-refractivity contribution in [2.24, 2.45) is 0 Å². The monoisotopic (exact) mass is 506 g/mol. The topological polar surface area (TPSA) is 84.5 Å². The van der Waals surface area contributed by atoms with E-state index in [2.05, 4.69) is 60.7 Å². The van der Waals surface area contributed by atoms with E-state index in [0.29, 0.717) is 5.78 Å². The summed E-state index contributed by atoms with van der Waals surface area (Å²) in [5.41, 5.74) is 5.49. The Morgan fingerprint density at radius 3 is 2.55 bits per heavy atom. The van der Waals surface area contributed by atoms with E-state index < -0.39 is 0 Å². The standard InChI is InChI=1S/C29H30N8O/c1-34(2)28(38)35-12-7-24(8-13-35)37-19-22(16-33-37)21-15-31-27-32-17-26(36(27)18-21)29(9-10-29)23-5-6-25-20(14-23)4-3-11-30-25/h3-6,11,14-19,24H,7-10,12-13H2,1-2H3. The van der Waals surface area contributed by atoms with Crippen LogP contribution in [0, 0.1) is 0 Å². The van der Waals surface area contributed by atoms with Crippen LogP contribution in [0.4, 0.5) is 4.79 Å². The number of nitrogens with zero attached hydrogens (tertiary/aromatic N) is 8. The van der Waals surface area contributed by atoms with E-state index in [9.17, 15) is 4.79 Å². The van der Waals surface area contributed by atoms with Gasteiger partial charge in [0.1, 0.15) is 0 Å². The number of piperidine rings is 1. The molecule has 5 aromatic rings. The number of rotatable bonds is 4. The highest BCUT2D eigenvalue weighted by molar-refractivity contribution is 5.80. The second-order valence-electron chi connectivity index (χ2n) is 10.8. The molecule has 7 rings (SSSR count). The number of carbonyl (C=O) groups excluding carboxylic acids is 1. The highest BCUT2D eigenvalue weighted by Crippen LogP contribution is 2.53. The predicted molar refractivity (Wildman–Crippen MR) is 145 cm³/mol. The number of carbonyl (C=O) groups is 1. The predicted octanol–water partition coefficient (Wildman–Crippen LogP) is 4.54. The summed E-state index contributed by atoms with van der Waals surface area (Å²) in [5.74, 6) is 0.711. The molecule has 2 fully saturated rings. The smallest absolute Gasteiger partial charge is 0.319 e. The molecule has 4 aromatic heterocycles. The molecule has 1 aliphatic carbocycles. The fraction of sp³-hybridized carbons (Fsp3) is 0.345. The van der Waals surface area contributed by atoms with Gasteiger partial charge in [-0.15, -0.1) is 0 Å². The molecule has 0 unspecified atom stereocenters. The molecule has 1 saturated heterocycles. The van der Waals surface area contributed by atoms with E-state index in [1.807, 2.05) is 35.8 Å². The summed E-state index contributed by atoms with van der Waals surface area (Å²) < 4.78 is 4.20. The van der Waals surface area contributed by atoms with Gasteiger partial charge in [-0.1, -0.05) is 12.1 Å². The van der Waals surface area contributed by atoms with Crippen LogP contribution in [0.15, 0.2) is 67.5 Å². The van der Waals surface area contributed by atoms with Gasteiger partial charge in [0.25, 0.3) is 0 Å². The Labute approximate surface area is 220 Å². The number of likely N-dealkylation sites (tertiary alicyclic amines) is 1. The van der Waals surface area contributed by atoms with Crippen molar-refractivity contribution in [1.82, 2.24) is 38.9 Å². The van der Waals surface area contributed by atoms with E-state index in [4.69, 9.17) is 5.10 Å².